The Balaban J connectivity index is 1.54. The largest absolute Gasteiger partial charge is 0.482 e. The number of carbonyl (C=O) groups excluding carboxylic acids is 2. The summed E-state index contributed by atoms with van der Waals surface area (Å²) in [6, 6.07) is 7.60. The van der Waals surface area contributed by atoms with Crippen LogP contribution in [0.1, 0.15) is 85.8 Å². The number of rotatable bonds is 8. The molecule has 5 rings (SSSR count). The molecule has 1 unspecified atom stereocenters. The molecule has 2 N–H and O–H groups in total. The van der Waals surface area contributed by atoms with Gasteiger partial charge in [-0.1, -0.05) is 57.5 Å². The number of carbonyl (C=O) groups is 2. The Kier molecular flexibility index (Phi) is 7.99. The second-order valence-electron chi connectivity index (χ2n) is 14.0. The van der Waals surface area contributed by atoms with E-state index in [1.165, 1.54) is 12.0 Å². The zero-order valence-electron chi connectivity index (χ0n) is 24.7. The fourth-order valence-corrected chi connectivity index (χ4v) is 6.70. The van der Waals surface area contributed by atoms with Gasteiger partial charge in [0.05, 0.1) is 17.6 Å². The molecular formula is C30H47BN2O5. The number of benzene rings is 1. The van der Waals surface area contributed by atoms with Gasteiger partial charge in [-0.05, 0) is 89.0 Å². The lowest BCUT2D eigenvalue weighted by Crippen LogP contribution is -2.65. The molecule has 3 aliphatic carbocycles. The van der Waals surface area contributed by atoms with Gasteiger partial charge in [0.1, 0.15) is 11.6 Å². The summed E-state index contributed by atoms with van der Waals surface area (Å²) in [4.78, 5) is 26.2. The van der Waals surface area contributed by atoms with Crippen molar-refractivity contribution in [2.75, 3.05) is 0 Å². The van der Waals surface area contributed by atoms with Crippen LogP contribution < -0.4 is 10.6 Å². The Morgan fingerprint density at radius 3 is 2.34 bits per heavy atom. The second-order valence-corrected chi connectivity index (χ2v) is 14.0. The van der Waals surface area contributed by atoms with Gasteiger partial charge >= 0.3 is 13.2 Å². The molecule has 1 heterocycles. The fourth-order valence-electron chi connectivity index (χ4n) is 6.70. The summed E-state index contributed by atoms with van der Waals surface area (Å²) >= 11 is 0. The van der Waals surface area contributed by atoms with Crippen LogP contribution in [0.4, 0.5) is 4.79 Å². The molecule has 1 aliphatic heterocycles. The molecule has 1 saturated heterocycles. The lowest BCUT2D eigenvalue weighted by Gasteiger charge is -2.64. The maximum Gasteiger partial charge on any atom is 0.482 e. The Labute approximate surface area is 229 Å². The van der Waals surface area contributed by atoms with Crippen LogP contribution in [0.15, 0.2) is 24.3 Å². The molecule has 0 spiro atoms. The van der Waals surface area contributed by atoms with E-state index in [-0.39, 0.29) is 28.9 Å². The first kappa shape index (κ1) is 28.9. The highest BCUT2D eigenvalue weighted by atomic mass is 16.7. The fraction of sp³-hybridized carbons (Fsp3) is 0.733. The summed E-state index contributed by atoms with van der Waals surface area (Å²) in [5.74, 6) is 0.626. The summed E-state index contributed by atoms with van der Waals surface area (Å²) in [5, 5.41) is 6.01. The molecule has 3 saturated carbocycles. The second kappa shape index (κ2) is 10.5. The average molecular weight is 527 g/mol. The number of aryl methyl sites for hydroxylation is 1. The van der Waals surface area contributed by atoms with Gasteiger partial charge in [0.2, 0.25) is 5.91 Å². The summed E-state index contributed by atoms with van der Waals surface area (Å²) in [5.41, 5.74) is 1.49. The quantitative estimate of drug-likeness (QED) is 0.453. The minimum atomic E-state index is -0.726. The SMILES string of the molecule is Cc1ccc(C[C@H](NC(=O)[C@H](CC(C)C)NC(=O)OC(C)(C)C)B2OC3C[C@@H]4C[C@@H](C4(C)C)[C@]3(C)O2)cc1. The number of nitrogens with one attached hydrogen (secondary N) is 2. The average Bonchev–Trinajstić information content (AvgIpc) is 3.15. The minimum absolute atomic E-state index is 0.0213. The van der Waals surface area contributed by atoms with Gasteiger partial charge in [-0.3, -0.25) is 4.79 Å². The van der Waals surface area contributed by atoms with Gasteiger partial charge < -0.3 is 24.7 Å². The lowest BCUT2D eigenvalue weighted by molar-refractivity contribution is -0.199. The van der Waals surface area contributed by atoms with E-state index in [9.17, 15) is 9.59 Å². The van der Waals surface area contributed by atoms with Crippen molar-refractivity contribution in [1.29, 1.82) is 0 Å². The van der Waals surface area contributed by atoms with Crippen LogP contribution in [0.2, 0.25) is 0 Å². The summed E-state index contributed by atoms with van der Waals surface area (Å²) in [6.45, 7) is 18.4. The molecule has 7 nitrogen and oxygen atoms in total. The highest BCUT2D eigenvalue weighted by molar-refractivity contribution is 6.48. The smallest absolute Gasteiger partial charge is 0.444 e. The molecule has 1 aromatic carbocycles. The number of amides is 2. The van der Waals surface area contributed by atoms with Gasteiger partial charge in [0.25, 0.3) is 0 Å². The molecule has 2 bridgehead atoms. The Morgan fingerprint density at radius 1 is 1.11 bits per heavy atom. The van der Waals surface area contributed by atoms with Gasteiger partial charge in [-0.15, -0.1) is 0 Å². The molecule has 38 heavy (non-hydrogen) atoms. The van der Waals surface area contributed by atoms with Crippen molar-refractivity contribution >= 4 is 19.1 Å². The van der Waals surface area contributed by atoms with Crippen molar-refractivity contribution in [3.05, 3.63) is 35.4 Å². The van der Waals surface area contributed by atoms with Crippen molar-refractivity contribution in [3.8, 4) is 0 Å². The predicted octanol–water partition coefficient (Wildman–Crippen LogP) is 5.23. The maximum absolute atomic E-state index is 13.7. The molecule has 0 aromatic heterocycles. The molecule has 210 valence electrons. The molecule has 6 atom stereocenters. The molecular weight excluding hydrogens is 479 g/mol. The number of alkyl carbamates (subject to hydrolysis) is 1. The highest BCUT2D eigenvalue weighted by Crippen LogP contribution is 2.65. The molecule has 0 radical (unpaired) electrons. The van der Waals surface area contributed by atoms with E-state index < -0.39 is 30.8 Å². The molecule has 2 amide bonds. The Hall–Kier alpha value is -2.06. The Bertz CT molecular complexity index is 1020. The zero-order chi connectivity index (χ0) is 28.0. The van der Waals surface area contributed by atoms with Crippen molar-refractivity contribution in [2.24, 2.45) is 23.2 Å². The van der Waals surface area contributed by atoms with E-state index in [0.717, 1.165) is 12.0 Å². The maximum atomic E-state index is 13.7. The van der Waals surface area contributed by atoms with Crippen molar-refractivity contribution in [3.63, 3.8) is 0 Å². The van der Waals surface area contributed by atoms with E-state index in [2.05, 4.69) is 62.6 Å². The Morgan fingerprint density at radius 2 is 1.76 bits per heavy atom. The van der Waals surface area contributed by atoms with Gasteiger partial charge in [-0.2, -0.15) is 0 Å². The number of hydrogen-bond acceptors (Lipinski definition) is 5. The van der Waals surface area contributed by atoms with Gasteiger partial charge in [-0.25, -0.2) is 4.79 Å². The third-order valence-corrected chi connectivity index (χ3v) is 8.92. The van der Waals surface area contributed by atoms with E-state index in [0.29, 0.717) is 24.7 Å². The van der Waals surface area contributed by atoms with Crippen molar-refractivity contribution in [1.82, 2.24) is 10.6 Å². The topological polar surface area (TPSA) is 85.9 Å². The normalized spacial score (nSPS) is 29.2. The predicted molar refractivity (Wildman–Crippen MR) is 150 cm³/mol. The van der Waals surface area contributed by atoms with Crippen LogP contribution >= 0.6 is 0 Å². The lowest BCUT2D eigenvalue weighted by atomic mass is 9.43. The van der Waals surface area contributed by atoms with E-state index in [4.69, 9.17) is 14.0 Å². The highest BCUT2D eigenvalue weighted by Gasteiger charge is 2.68. The van der Waals surface area contributed by atoms with Gasteiger partial charge in [0.15, 0.2) is 0 Å². The van der Waals surface area contributed by atoms with Crippen LogP contribution in [0.5, 0.6) is 0 Å². The standard InChI is InChI=1S/C30H47BN2O5/c1-18(2)14-22(32-27(35)36-28(4,5)6)26(34)33-25(15-20-12-10-19(3)11-13-20)31-37-24-17-21-16-23(29(21,7)8)30(24,9)38-31/h10-13,18,21-25H,14-17H2,1-9H3,(H,32,35)(H,33,34)/t21-,22-,23-,24?,25-,30-/m0/s1. The molecule has 1 aromatic rings. The number of hydrogen-bond donors (Lipinski definition) is 2. The molecule has 8 heteroatoms. The first-order chi connectivity index (χ1) is 17.6. The van der Waals surface area contributed by atoms with Crippen LogP contribution in [0.25, 0.3) is 0 Å². The minimum Gasteiger partial charge on any atom is -0.444 e. The van der Waals surface area contributed by atoms with Crippen LogP contribution in [0, 0.1) is 30.1 Å². The van der Waals surface area contributed by atoms with Gasteiger partial charge in [0, 0.05) is 0 Å². The summed E-state index contributed by atoms with van der Waals surface area (Å²) < 4.78 is 18.8. The monoisotopic (exact) mass is 526 g/mol. The molecule has 4 aliphatic rings. The summed E-state index contributed by atoms with van der Waals surface area (Å²) in [7, 11) is -0.563. The first-order valence-corrected chi connectivity index (χ1v) is 14.3. The summed E-state index contributed by atoms with van der Waals surface area (Å²) in [6.07, 6.45) is 2.64. The van der Waals surface area contributed by atoms with E-state index in [1.54, 1.807) is 0 Å². The van der Waals surface area contributed by atoms with E-state index in [1.807, 2.05) is 34.6 Å². The van der Waals surface area contributed by atoms with Crippen LogP contribution in [-0.2, 0) is 25.3 Å². The van der Waals surface area contributed by atoms with Crippen molar-refractivity contribution in [2.45, 2.75) is 117 Å². The van der Waals surface area contributed by atoms with E-state index >= 15 is 0 Å². The first-order valence-electron chi connectivity index (χ1n) is 14.3. The number of ether oxygens (including phenoxy) is 1. The zero-order valence-corrected chi connectivity index (χ0v) is 24.7. The third-order valence-electron chi connectivity index (χ3n) is 8.92. The van der Waals surface area contributed by atoms with Crippen LogP contribution in [-0.4, -0.2) is 48.4 Å². The van der Waals surface area contributed by atoms with Crippen LogP contribution in [0.3, 0.4) is 0 Å². The molecule has 4 fully saturated rings. The van der Waals surface area contributed by atoms with Crippen molar-refractivity contribution < 1.29 is 23.6 Å². The third kappa shape index (κ3) is 6.06.